The van der Waals surface area contributed by atoms with Gasteiger partial charge in [-0.2, -0.15) is 10.4 Å². The molecule has 1 aromatic heterocycles. The van der Waals surface area contributed by atoms with Crippen molar-refractivity contribution >= 4 is 40.0 Å². The Bertz CT molecular complexity index is 991. The van der Waals surface area contributed by atoms with E-state index < -0.39 is 0 Å². The minimum Gasteiger partial charge on any atom is -0.382 e. The minimum absolute atomic E-state index is 0.237. The van der Waals surface area contributed by atoms with Crippen molar-refractivity contribution in [1.82, 2.24) is 9.78 Å². The highest BCUT2D eigenvalue weighted by atomic mass is 127. The number of nitriles is 1. The summed E-state index contributed by atoms with van der Waals surface area (Å²) < 4.78 is 15.1. The average Bonchev–Trinajstić information content (AvgIpc) is 2.98. The molecule has 0 aliphatic carbocycles. The van der Waals surface area contributed by atoms with Crippen LogP contribution in [-0.2, 0) is 0 Å². The van der Waals surface area contributed by atoms with Crippen LogP contribution in [0.4, 0.5) is 15.9 Å². The fourth-order valence-corrected chi connectivity index (χ4v) is 2.80. The van der Waals surface area contributed by atoms with Gasteiger partial charge >= 0.3 is 0 Å². The maximum Gasteiger partial charge on any atom is 0.255 e. The molecule has 0 saturated heterocycles. The molecule has 3 aromatic rings. The van der Waals surface area contributed by atoms with Gasteiger partial charge in [0.05, 0.1) is 17.6 Å². The molecule has 6 nitrogen and oxygen atoms in total. The summed E-state index contributed by atoms with van der Waals surface area (Å²) in [6.45, 7) is 0. The first kappa shape index (κ1) is 16.9. The van der Waals surface area contributed by atoms with Crippen molar-refractivity contribution < 1.29 is 9.18 Å². The van der Waals surface area contributed by atoms with Crippen LogP contribution in [0.25, 0.3) is 5.69 Å². The van der Waals surface area contributed by atoms with Gasteiger partial charge < -0.3 is 11.1 Å². The third-order valence-corrected chi connectivity index (χ3v) is 4.37. The molecule has 0 fully saturated rings. The number of anilines is 2. The molecule has 3 rings (SSSR count). The summed E-state index contributed by atoms with van der Waals surface area (Å²) in [5.74, 6) is -0.442. The summed E-state index contributed by atoms with van der Waals surface area (Å²) >= 11 is 1.95. The van der Waals surface area contributed by atoms with Gasteiger partial charge in [-0.1, -0.05) is 0 Å². The predicted molar refractivity (Wildman–Crippen MR) is 99.8 cm³/mol. The van der Waals surface area contributed by atoms with Crippen LogP contribution in [0.15, 0.2) is 48.7 Å². The van der Waals surface area contributed by atoms with Gasteiger partial charge in [0.1, 0.15) is 23.3 Å². The first-order valence-corrected chi connectivity index (χ1v) is 8.18. The zero-order valence-corrected chi connectivity index (χ0v) is 14.9. The second-order valence-corrected chi connectivity index (χ2v) is 6.25. The van der Waals surface area contributed by atoms with Crippen LogP contribution < -0.4 is 11.1 Å². The number of carbonyl (C=O) groups is 1. The lowest BCUT2D eigenvalue weighted by atomic mass is 10.2. The van der Waals surface area contributed by atoms with Crippen LogP contribution in [0, 0.1) is 20.7 Å². The summed E-state index contributed by atoms with van der Waals surface area (Å²) in [7, 11) is 0. The molecule has 0 radical (unpaired) electrons. The zero-order chi connectivity index (χ0) is 18.0. The summed E-state index contributed by atoms with van der Waals surface area (Å²) in [5.41, 5.74) is 7.72. The number of carbonyl (C=O) groups excluding carboxylic acids is 1. The standard InChI is InChI=1S/C17H11FIN5O/c18-12-3-6-15(14(19)7-12)23-17(25)10-1-4-13(5-2-10)24-16(21)11(8-20)9-22-24/h1-7,9H,21H2,(H,23,25). The highest BCUT2D eigenvalue weighted by Crippen LogP contribution is 2.21. The van der Waals surface area contributed by atoms with Gasteiger partial charge in [0.2, 0.25) is 0 Å². The second kappa shape index (κ2) is 6.90. The number of halogens is 2. The van der Waals surface area contributed by atoms with Gasteiger partial charge in [-0.25, -0.2) is 9.07 Å². The van der Waals surface area contributed by atoms with E-state index in [2.05, 4.69) is 10.4 Å². The fraction of sp³-hybridized carbons (Fsp3) is 0. The Morgan fingerprint density at radius 3 is 2.60 bits per heavy atom. The van der Waals surface area contributed by atoms with Crippen LogP contribution >= 0.6 is 22.6 Å². The van der Waals surface area contributed by atoms with E-state index in [1.54, 1.807) is 24.3 Å². The normalized spacial score (nSPS) is 10.3. The molecule has 0 spiro atoms. The number of nitrogens with one attached hydrogen (secondary N) is 1. The van der Waals surface area contributed by atoms with E-state index in [0.717, 1.165) is 0 Å². The predicted octanol–water partition coefficient (Wildman–Crippen LogP) is 3.32. The van der Waals surface area contributed by atoms with Crippen molar-refractivity contribution in [3.8, 4) is 11.8 Å². The minimum atomic E-state index is -0.361. The van der Waals surface area contributed by atoms with Gasteiger partial charge in [0.15, 0.2) is 0 Å². The molecule has 0 bridgehead atoms. The molecular formula is C17H11FIN5O. The second-order valence-electron chi connectivity index (χ2n) is 5.09. The van der Waals surface area contributed by atoms with Crippen LogP contribution in [0.5, 0.6) is 0 Å². The molecule has 0 aliphatic rings. The summed E-state index contributed by atoms with van der Waals surface area (Å²) in [5, 5.41) is 15.7. The van der Waals surface area contributed by atoms with E-state index in [-0.39, 0.29) is 23.1 Å². The molecule has 0 saturated carbocycles. The van der Waals surface area contributed by atoms with Crippen molar-refractivity contribution in [2.24, 2.45) is 0 Å². The number of rotatable bonds is 3. The Kier molecular flexibility index (Phi) is 4.67. The molecular weight excluding hydrogens is 436 g/mol. The Balaban J connectivity index is 1.81. The fourth-order valence-electron chi connectivity index (χ4n) is 2.19. The molecule has 0 unspecified atom stereocenters. The van der Waals surface area contributed by atoms with E-state index in [9.17, 15) is 9.18 Å². The summed E-state index contributed by atoms with van der Waals surface area (Å²) in [6, 6.07) is 12.7. The number of nitrogen functional groups attached to an aromatic ring is 1. The maximum absolute atomic E-state index is 13.1. The van der Waals surface area contributed by atoms with Gasteiger partial charge in [0, 0.05) is 9.13 Å². The number of hydrogen-bond acceptors (Lipinski definition) is 4. The van der Waals surface area contributed by atoms with E-state index in [4.69, 9.17) is 11.0 Å². The highest BCUT2D eigenvalue weighted by Gasteiger charge is 2.11. The number of hydrogen-bond donors (Lipinski definition) is 2. The Hall–Kier alpha value is -2.93. The SMILES string of the molecule is N#Cc1cnn(-c2ccc(C(=O)Nc3ccc(F)cc3I)cc2)c1N. The lowest BCUT2D eigenvalue weighted by Crippen LogP contribution is -2.13. The van der Waals surface area contributed by atoms with E-state index in [1.807, 2.05) is 28.7 Å². The van der Waals surface area contributed by atoms with Gasteiger partial charge in [-0.15, -0.1) is 0 Å². The number of nitrogens with two attached hydrogens (primary N) is 1. The van der Waals surface area contributed by atoms with Crippen LogP contribution in [-0.4, -0.2) is 15.7 Å². The highest BCUT2D eigenvalue weighted by molar-refractivity contribution is 14.1. The van der Waals surface area contributed by atoms with E-state index in [0.29, 0.717) is 20.5 Å². The van der Waals surface area contributed by atoms with E-state index in [1.165, 1.54) is 29.1 Å². The van der Waals surface area contributed by atoms with Crippen molar-refractivity contribution in [2.45, 2.75) is 0 Å². The lowest BCUT2D eigenvalue weighted by molar-refractivity contribution is 0.102. The first-order chi connectivity index (χ1) is 12.0. The van der Waals surface area contributed by atoms with Crippen molar-refractivity contribution in [2.75, 3.05) is 11.1 Å². The maximum atomic E-state index is 13.1. The lowest BCUT2D eigenvalue weighted by Gasteiger charge is -2.09. The Morgan fingerprint density at radius 1 is 1.28 bits per heavy atom. The molecule has 1 amide bonds. The average molecular weight is 447 g/mol. The molecule has 124 valence electrons. The zero-order valence-electron chi connectivity index (χ0n) is 12.7. The third kappa shape index (κ3) is 3.46. The number of benzene rings is 2. The Labute approximate surface area is 156 Å². The van der Waals surface area contributed by atoms with Gasteiger partial charge in [-0.05, 0) is 65.1 Å². The first-order valence-electron chi connectivity index (χ1n) is 7.10. The molecule has 25 heavy (non-hydrogen) atoms. The Morgan fingerprint density at radius 2 is 2.00 bits per heavy atom. The number of aromatic nitrogens is 2. The van der Waals surface area contributed by atoms with Crippen LogP contribution in [0.2, 0.25) is 0 Å². The molecule has 3 N–H and O–H groups in total. The third-order valence-electron chi connectivity index (χ3n) is 3.48. The van der Waals surface area contributed by atoms with Gasteiger partial charge in [0.25, 0.3) is 5.91 Å². The van der Waals surface area contributed by atoms with Crippen molar-refractivity contribution in [3.05, 3.63) is 69.2 Å². The molecule has 0 aliphatic heterocycles. The van der Waals surface area contributed by atoms with Gasteiger partial charge in [-0.3, -0.25) is 4.79 Å². The number of nitrogens with zero attached hydrogens (tertiary/aromatic N) is 3. The van der Waals surface area contributed by atoms with Crippen LogP contribution in [0.1, 0.15) is 15.9 Å². The molecule has 0 atom stereocenters. The summed E-state index contributed by atoms with van der Waals surface area (Å²) in [4.78, 5) is 12.3. The smallest absolute Gasteiger partial charge is 0.255 e. The largest absolute Gasteiger partial charge is 0.382 e. The monoisotopic (exact) mass is 447 g/mol. The van der Waals surface area contributed by atoms with Crippen molar-refractivity contribution in [3.63, 3.8) is 0 Å². The van der Waals surface area contributed by atoms with Crippen molar-refractivity contribution in [1.29, 1.82) is 5.26 Å². The quantitative estimate of drug-likeness (QED) is 0.603. The molecule has 8 heteroatoms. The topological polar surface area (TPSA) is 96.7 Å². The van der Waals surface area contributed by atoms with Crippen LogP contribution in [0.3, 0.4) is 0 Å². The molecule has 2 aromatic carbocycles. The molecule has 1 heterocycles. The summed E-state index contributed by atoms with van der Waals surface area (Å²) in [6.07, 6.45) is 1.38. The number of amides is 1. The van der Waals surface area contributed by atoms with E-state index >= 15 is 0 Å².